The Balaban J connectivity index is 1.80. The van der Waals surface area contributed by atoms with Crippen LogP contribution in [0, 0.1) is 16.7 Å². The molecule has 1 aromatic carbocycles. The second kappa shape index (κ2) is 10.6. The highest BCUT2D eigenvalue weighted by Crippen LogP contribution is 2.47. The number of carbonyl (C=O) groups is 3. The lowest BCUT2D eigenvalue weighted by atomic mass is 9.65. The summed E-state index contributed by atoms with van der Waals surface area (Å²) in [4.78, 5) is 35.5. The van der Waals surface area contributed by atoms with Crippen LogP contribution in [0.25, 0.3) is 0 Å². The standard InChI is InChI=1S/C22H24BrF2N5O5/c1-12(28-18(32)17(31)27-2)10-21(11-26)5-7-22(8-6-21)16(29-30-20(33)35-22)14-4-3-13(9-15(14)23)34-19(24)25/h3-4,9,12,19H,5-8,10H2,1-2H3,(H,27,31)(H,28,32)(H,30,33)/t12-,21?,22?/m0/s1. The molecule has 35 heavy (non-hydrogen) atoms. The summed E-state index contributed by atoms with van der Waals surface area (Å²) in [5.41, 5.74) is 1.23. The summed E-state index contributed by atoms with van der Waals surface area (Å²) in [6.45, 7) is -1.27. The van der Waals surface area contributed by atoms with Crippen molar-refractivity contribution in [1.82, 2.24) is 16.1 Å². The number of likely N-dealkylation sites (N-methyl/N-ethyl adjacent to an activating group) is 1. The van der Waals surface area contributed by atoms with E-state index in [1.54, 1.807) is 6.92 Å². The van der Waals surface area contributed by atoms with Gasteiger partial charge in [0.2, 0.25) is 0 Å². The van der Waals surface area contributed by atoms with Gasteiger partial charge in [-0.3, -0.25) is 9.59 Å². The van der Waals surface area contributed by atoms with Crippen LogP contribution in [-0.4, -0.2) is 48.9 Å². The zero-order valence-corrected chi connectivity index (χ0v) is 20.6. The van der Waals surface area contributed by atoms with Crippen molar-refractivity contribution in [2.75, 3.05) is 7.05 Å². The van der Waals surface area contributed by atoms with Crippen LogP contribution in [0.2, 0.25) is 0 Å². The Hall–Kier alpha value is -3.27. The van der Waals surface area contributed by atoms with Gasteiger partial charge in [-0.1, -0.05) is 0 Å². The van der Waals surface area contributed by atoms with Gasteiger partial charge in [0.25, 0.3) is 0 Å². The molecule has 1 aliphatic carbocycles. The number of rotatable bonds is 6. The molecule has 1 saturated carbocycles. The molecule has 1 heterocycles. The number of alkyl halides is 2. The van der Waals surface area contributed by atoms with Gasteiger partial charge in [0.05, 0.1) is 11.5 Å². The fourth-order valence-electron chi connectivity index (χ4n) is 4.49. The predicted octanol–water partition coefficient (Wildman–Crippen LogP) is 2.96. The first kappa shape index (κ1) is 26.3. The van der Waals surface area contributed by atoms with E-state index in [9.17, 15) is 28.4 Å². The van der Waals surface area contributed by atoms with E-state index in [4.69, 9.17) is 4.74 Å². The summed E-state index contributed by atoms with van der Waals surface area (Å²) >= 11 is 3.35. The first-order chi connectivity index (χ1) is 16.5. The van der Waals surface area contributed by atoms with Crippen molar-refractivity contribution >= 4 is 39.5 Å². The van der Waals surface area contributed by atoms with Gasteiger partial charge in [-0.05, 0) is 73.2 Å². The average Bonchev–Trinajstić information content (AvgIpc) is 2.80. The van der Waals surface area contributed by atoms with E-state index >= 15 is 0 Å². The molecule has 188 valence electrons. The number of hydrogen-bond acceptors (Lipinski definition) is 7. The first-order valence-corrected chi connectivity index (χ1v) is 11.6. The molecule has 1 fully saturated rings. The topological polar surface area (TPSA) is 142 Å². The van der Waals surface area contributed by atoms with E-state index in [1.807, 2.05) is 0 Å². The summed E-state index contributed by atoms with van der Waals surface area (Å²) in [5, 5.41) is 19.0. The van der Waals surface area contributed by atoms with Crippen LogP contribution < -0.4 is 20.8 Å². The van der Waals surface area contributed by atoms with Gasteiger partial charge in [-0.2, -0.15) is 19.1 Å². The Labute approximate surface area is 208 Å². The highest BCUT2D eigenvalue weighted by atomic mass is 79.9. The van der Waals surface area contributed by atoms with Crippen LogP contribution in [0.5, 0.6) is 5.75 Å². The molecule has 0 aromatic heterocycles. The smallest absolute Gasteiger partial charge is 0.428 e. The first-order valence-electron chi connectivity index (χ1n) is 10.8. The molecule has 3 N–H and O–H groups in total. The normalized spacial score (nSPS) is 24.5. The van der Waals surface area contributed by atoms with Crippen molar-refractivity contribution in [2.45, 2.75) is 57.3 Å². The molecule has 0 radical (unpaired) electrons. The minimum atomic E-state index is -2.98. The summed E-state index contributed by atoms with van der Waals surface area (Å²) in [6.07, 6.45) is 0.762. The van der Waals surface area contributed by atoms with Gasteiger partial charge < -0.3 is 20.1 Å². The average molecular weight is 556 g/mol. The molecule has 3 amide bonds. The van der Waals surface area contributed by atoms with Crippen molar-refractivity contribution in [3.63, 3.8) is 0 Å². The number of halogens is 3. The summed E-state index contributed by atoms with van der Waals surface area (Å²) in [6, 6.07) is 6.16. The number of amides is 3. The number of nitrogens with one attached hydrogen (secondary N) is 3. The van der Waals surface area contributed by atoms with Crippen LogP contribution in [-0.2, 0) is 14.3 Å². The molecule has 1 atom stereocenters. The van der Waals surface area contributed by atoms with Gasteiger partial charge in [-0.25, -0.2) is 10.2 Å². The number of benzene rings is 1. The van der Waals surface area contributed by atoms with E-state index in [0.717, 1.165) is 0 Å². The molecule has 13 heteroatoms. The molecule has 1 aliphatic heterocycles. The maximum Gasteiger partial charge on any atom is 0.428 e. The maximum absolute atomic E-state index is 12.6. The molecule has 3 rings (SSSR count). The van der Waals surface area contributed by atoms with Crippen LogP contribution in [0.3, 0.4) is 0 Å². The van der Waals surface area contributed by atoms with Crippen molar-refractivity contribution in [3.8, 4) is 11.8 Å². The van der Waals surface area contributed by atoms with Crippen molar-refractivity contribution in [3.05, 3.63) is 28.2 Å². The Kier molecular flexibility index (Phi) is 7.94. The Morgan fingerprint density at radius 2 is 2.00 bits per heavy atom. The van der Waals surface area contributed by atoms with Crippen molar-refractivity contribution in [2.24, 2.45) is 10.5 Å². The minimum absolute atomic E-state index is 0.0500. The number of nitriles is 1. The summed E-state index contributed by atoms with van der Waals surface area (Å²) in [7, 11) is 1.35. The lowest BCUT2D eigenvalue weighted by Crippen LogP contribution is -2.54. The maximum atomic E-state index is 12.6. The number of hydrogen-bond donors (Lipinski definition) is 3. The van der Waals surface area contributed by atoms with Crippen LogP contribution >= 0.6 is 15.9 Å². The number of ether oxygens (including phenoxy) is 2. The Bertz CT molecular complexity index is 1080. The van der Waals surface area contributed by atoms with Crippen LogP contribution in [0.4, 0.5) is 13.6 Å². The molecular formula is C22H24BrF2N5O5. The molecule has 1 spiro atoms. The monoisotopic (exact) mass is 555 g/mol. The van der Waals surface area contributed by atoms with E-state index in [0.29, 0.717) is 35.0 Å². The molecule has 10 nitrogen and oxygen atoms in total. The molecule has 0 bridgehead atoms. The van der Waals surface area contributed by atoms with Crippen molar-refractivity contribution in [1.29, 1.82) is 5.26 Å². The molecule has 2 aliphatic rings. The third-order valence-electron chi connectivity index (χ3n) is 6.16. The zero-order chi connectivity index (χ0) is 25.8. The third kappa shape index (κ3) is 5.87. The van der Waals surface area contributed by atoms with E-state index in [1.165, 1.54) is 25.2 Å². The second-order valence-electron chi connectivity index (χ2n) is 8.53. The summed E-state index contributed by atoms with van der Waals surface area (Å²) in [5.74, 6) is -1.61. The number of hydrazone groups is 1. The summed E-state index contributed by atoms with van der Waals surface area (Å²) < 4.78 is 35.7. The lowest BCUT2D eigenvalue weighted by molar-refractivity contribution is -0.139. The second-order valence-corrected chi connectivity index (χ2v) is 9.38. The largest absolute Gasteiger partial charge is 0.435 e. The van der Waals surface area contributed by atoms with Crippen molar-refractivity contribution < 1.29 is 32.6 Å². The minimum Gasteiger partial charge on any atom is -0.435 e. The van der Waals surface area contributed by atoms with Crippen LogP contribution in [0.15, 0.2) is 27.8 Å². The fraction of sp³-hybridized carbons (Fsp3) is 0.500. The highest BCUT2D eigenvalue weighted by Gasteiger charge is 2.51. The van der Waals surface area contributed by atoms with E-state index in [-0.39, 0.29) is 18.6 Å². The molecule has 1 aromatic rings. The van der Waals surface area contributed by atoms with Gasteiger partial charge >= 0.3 is 24.5 Å². The van der Waals surface area contributed by atoms with Crippen LogP contribution in [0.1, 0.15) is 44.6 Å². The van der Waals surface area contributed by atoms with Gasteiger partial charge in [-0.15, -0.1) is 0 Å². The Morgan fingerprint density at radius 3 is 2.57 bits per heavy atom. The highest BCUT2D eigenvalue weighted by molar-refractivity contribution is 9.10. The van der Waals surface area contributed by atoms with Gasteiger partial charge in [0.1, 0.15) is 11.5 Å². The third-order valence-corrected chi connectivity index (χ3v) is 6.82. The van der Waals surface area contributed by atoms with E-state index in [2.05, 4.69) is 47.9 Å². The molecule has 0 unspecified atom stereocenters. The van der Waals surface area contributed by atoms with E-state index < -0.39 is 41.6 Å². The fourth-order valence-corrected chi connectivity index (χ4v) is 5.04. The number of carbonyl (C=O) groups excluding carboxylic acids is 3. The SMILES string of the molecule is CNC(=O)C(=O)N[C@@H](C)CC1(C#N)CCC2(CC1)OC(=O)NN=C2c1ccc(OC(F)F)cc1Br. The predicted molar refractivity (Wildman–Crippen MR) is 122 cm³/mol. The quantitative estimate of drug-likeness (QED) is 0.460. The molecule has 0 saturated heterocycles. The van der Waals surface area contributed by atoms with Gasteiger partial charge in [0, 0.05) is 23.1 Å². The molecular weight excluding hydrogens is 532 g/mol. The zero-order valence-electron chi connectivity index (χ0n) is 19.0. The number of nitrogens with zero attached hydrogens (tertiary/aromatic N) is 2. The Morgan fingerprint density at radius 1 is 1.31 bits per heavy atom. The lowest BCUT2D eigenvalue weighted by Gasteiger charge is -2.45. The van der Waals surface area contributed by atoms with Gasteiger partial charge in [0.15, 0.2) is 5.60 Å².